The fraction of sp³-hybridized carbons (Fsp3) is 0.333. The lowest BCUT2D eigenvalue weighted by molar-refractivity contribution is -0.380. The average molecular weight is 230 g/mol. The molecule has 0 aromatic carbocycles. The van der Waals surface area contributed by atoms with Crippen molar-refractivity contribution in [2.24, 2.45) is 0 Å². The fourth-order valence-electron chi connectivity index (χ4n) is 1.12. The highest BCUT2D eigenvalue weighted by molar-refractivity contribution is 7.80. The number of hydrogen-bond acceptors (Lipinski definition) is 5. The molecule has 0 spiro atoms. The highest BCUT2D eigenvalue weighted by atomic mass is 32.1. The van der Waals surface area contributed by atoms with Crippen LogP contribution in [-0.4, -0.2) is 28.1 Å². The van der Waals surface area contributed by atoms with Crippen molar-refractivity contribution in [2.45, 2.75) is 0 Å². The predicted octanol–water partition coefficient (Wildman–Crippen LogP) is 0.746. The number of nitrogens with one attached hydrogen (secondary N) is 1. The van der Waals surface area contributed by atoms with Crippen LogP contribution < -0.4 is 10.2 Å². The lowest BCUT2D eigenvalue weighted by atomic mass is 10.6. The third-order valence-electron chi connectivity index (χ3n) is 1.75. The van der Waals surface area contributed by atoms with Crippen LogP contribution >= 0.6 is 23.6 Å². The smallest absolute Gasteiger partial charge is 0.345 e. The van der Waals surface area contributed by atoms with Gasteiger partial charge >= 0.3 is 5.00 Å². The Morgan fingerprint density at radius 3 is 3.07 bits per heavy atom. The molecule has 0 amide bonds. The van der Waals surface area contributed by atoms with E-state index in [-0.39, 0.29) is 5.00 Å². The van der Waals surface area contributed by atoms with Crippen LogP contribution in [0.15, 0.2) is 6.20 Å². The second-order valence-corrected chi connectivity index (χ2v) is 4.00. The highest BCUT2D eigenvalue weighted by Crippen LogP contribution is 2.28. The molecule has 0 bridgehead atoms. The lowest BCUT2D eigenvalue weighted by Crippen LogP contribution is -2.27. The maximum atomic E-state index is 10.4. The molecule has 0 unspecified atom stereocenters. The molecule has 74 valence electrons. The Balaban J connectivity index is 2.24. The van der Waals surface area contributed by atoms with Gasteiger partial charge in [0.2, 0.25) is 0 Å². The predicted molar refractivity (Wildman–Crippen MR) is 56.7 cm³/mol. The van der Waals surface area contributed by atoms with E-state index in [2.05, 4.69) is 10.3 Å². The first-order valence-electron chi connectivity index (χ1n) is 3.84. The van der Waals surface area contributed by atoms with E-state index in [9.17, 15) is 10.1 Å². The van der Waals surface area contributed by atoms with E-state index >= 15 is 0 Å². The van der Waals surface area contributed by atoms with Crippen molar-refractivity contribution >= 4 is 38.8 Å². The van der Waals surface area contributed by atoms with E-state index in [1.54, 1.807) is 4.90 Å². The first kappa shape index (κ1) is 9.28. The van der Waals surface area contributed by atoms with Crippen LogP contribution in [0.4, 0.5) is 10.1 Å². The number of hydrogen-bond donors (Lipinski definition) is 1. The summed E-state index contributed by atoms with van der Waals surface area (Å²) in [6, 6.07) is 0. The van der Waals surface area contributed by atoms with Crippen LogP contribution in [-0.2, 0) is 0 Å². The standard InChI is InChI=1S/C6H6N4O2S2/c11-10(12)4-3-8-6(14-4)9-2-1-7-5(9)13/h3H,1-2H2,(H,7,13). The van der Waals surface area contributed by atoms with Crippen LogP contribution in [0.1, 0.15) is 0 Å². The van der Waals surface area contributed by atoms with Crippen molar-refractivity contribution in [3.8, 4) is 0 Å². The molecule has 0 atom stereocenters. The Kier molecular flexibility index (Phi) is 2.30. The molecule has 1 aromatic rings. The van der Waals surface area contributed by atoms with Gasteiger partial charge in [0.15, 0.2) is 10.2 Å². The molecule has 1 aromatic heterocycles. The number of thiocarbonyl (C=S) groups is 1. The molecule has 8 heteroatoms. The molecule has 0 aliphatic carbocycles. The molecule has 1 fully saturated rings. The number of rotatable bonds is 2. The molecule has 0 radical (unpaired) electrons. The first-order valence-corrected chi connectivity index (χ1v) is 5.06. The zero-order chi connectivity index (χ0) is 10.1. The van der Waals surface area contributed by atoms with Gasteiger partial charge in [0.05, 0.1) is 4.92 Å². The van der Waals surface area contributed by atoms with E-state index in [1.165, 1.54) is 6.20 Å². The summed E-state index contributed by atoms with van der Waals surface area (Å²) in [7, 11) is 0. The number of nitro groups is 1. The van der Waals surface area contributed by atoms with Gasteiger partial charge in [0, 0.05) is 13.1 Å². The van der Waals surface area contributed by atoms with Gasteiger partial charge in [0.25, 0.3) is 0 Å². The van der Waals surface area contributed by atoms with Crippen LogP contribution in [0.3, 0.4) is 0 Å². The van der Waals surface area contributed by atoms with E-state index in [0.717, 1.165) is 17.9 Å². The minimum atomic E-state index is -0.451. The van der Waals surface area contributed by atoms with Gasteiger partial charge in [-0.25, -0.2) is 4.98 Å². The molecule has 1 N–H and O–H groups in total. The van der Waals surface area contributed by atoms with E-state index in [4.69, 9.17) is 12.2 Å². The van der Waals surface area contributed by atoms with Crippen molar-refractivity contribution in [1.82, 2.24) is 10.3 Å². The van der Waals surface area contributed by atoms with E-state index in [1.807, 2.05) is 0 Å². The second-order valence-electron chi connectivity index (χ2n) is 2.62. The second kappa shape index (κ2) is 3.46. The molecule has 2 rings (SSSR count). The summed E-state index contributed by atoms with van der Waals surface area (Å²) in [4.78, 5) is 15.7. The van der Waals surface area contributed by atoms with Gasteiger partial charge in [-0.15, -0.1) is 0 Å². The number of nitrogens with zero attached hydrogens (tertiary/aromatic N) is 3. The van der Waals surface area contributed by atoms with Gasteiger partial charge in [-0.1, -0.05) is 0 Å². The normalized spacial score (nSPS) is 15.7. The third kappa shape index (κ3) is 1.53. The summed E-state index contributed by atoms with van der Waals surface area (Å²) in [5.41, 5.74) is 0. The molecular weight excluding hydrogens is 224 g/mol. The van der Waals surface area contributed by atoms with Crippen LogP contribution in [0.25, 0.3) is 0 Å². The summed E-state index contributed by atoms with van der Waals surface area (Å²) in [6.07, 6.45) is 1.25. The molecule has 6 nitrogen and oxygen atoms in total. The summed E-state index contributed by atoms with van der Waals surface area (Å²) in [6.45, 7) is 1.47. The van der Waals surface area contributed by atoms with Gasteiger partial charge in [-0.05, 0) is 23.6 Å². The molecular formula is C6H6N4O2S2. The van der Waals surface area contributed by atoms with Crippen LogP contribution in [0, 0.1) is 10.1 Å². The summed E-state index contributed by atoms with van der Waals surface area (Å²) >= 11 is 6.04. The number of aromatic nitrogens is 1. The maximum Gasteiger partial charge on any atom is 0.345 e. The summed E-state index contributed by atoms with van der Waals surface area (Å²) < 4.78 is 0. The van der Waals surface area contributed by atoms with Gasteiger partial charge in [-0.2, -0.15) is 0 Å². The zero-order valence-electron chi connectivity index (χ0n) is 6.97. The van der Waals surface area contributed by atoms with Crippen LogP contribution in [0.2, 0.25) is 0 Å². The Labute approximate surface area is 88.7 Å². The Bertz CT molecular complexity index is 391. The quantitative estimate of drug-likeness (QED) is 0.459. The van der Waals surface area contributed by atoms with E-state index in [0.29, 0.717) is 16.8 Å². The lowest BCUT2D eigenvalue weighted by Gasteiger charge is -2.10. The van der Waals surface area contributed by atoms with Crippen molar-refractivity contribution in [3.05, 3.63) is 16.3 Å². The molecule has 1 aliphatic rings. The summed E-state index contributed by atoms with van der Waals surface area (Å²) in [5.74, 6) is 0. The van der Waals surface area contributed by atoms with Crippen molar-refractivity contribution < 1.29 is 4.92 Å². The van der Waals surface area contributed by atoms with Crippen molar-refractivity contribution in [2.75, 3.05) is 18.0 Å². The number of anilines is 1. The molecule has 2 heterocycles. The minimum Gasteiger partial charge on any atom is -0.360 e. The van der Waals surface area contributed by atoms with Crippen LogP contribution in [0.5, 0.6) is 0 Å². The summed E-state index contributed by atoms with van der Waals surface area (Å²) in [5, 5.41) is 14.6. The number of thiazole rings is 1. The van der Waals surface area contributed by atoms with E-state index < -0.39 is 4.92 Å². The molecule has 14 heavy (non-hydrogen) atoms. The average Bonchev–Trinajstić information content (AvgIpc) is 2.71. The monoisotopic (exact) mass is 230 g/mol. The maximum absolute atomic E-state index is 10.4. The highest BCUT2D eigenvalue weighted by Gasteiger charge is 2.23. The van der Waals surface area contributed by atoms with Gasteiger partial charge in [-0.3, -0.25) is 15.0 Å². The Hall–Kier alpha value is -1.28. The Morgan fingerprint density at radius 1 is 1.79 bits per heavy atom. The van der Waals surface area contributed by atoms with Gasteiger partial charge in [0.1, 0.15) is 6.20 Å². The van der Waals surface area contributed by atoms with Crippen molar-refractivity contribution in [1.29, 1.82) is 0 Å². The Morgan fingerprint density at radius 2 is 2.57 bits per heavy atom. The zero-order valence-corrected chi connectivity index (χ0v) is 8.60. The molecule has 0 saturated carbocycles. The minimum absolute atomic E-state index is 0.0368. The van der Waals surface area contributed by atoms with Gasteiger partial charge < -0.3 is 5.32 Å². The third-order valence-corrected chi connectivity index (χ3v) is 3.09. The largest absolute Gasteiger partial charge is 0.360 e. The molecule has 1 saturated heterocycles. The fourth-order valence-corrected chi connectivity index (χ4v) is 2.22. The topological polar surface area (TPSA) is 71.3 Å². The first-order chi connectivity index (χ1) is 6.68. The van der Waals surface area contributed by atoms with Crippen molar-refractivity contribution in [3.63, 3.8) is 0 Å². The molecule has 1 aliphatic heterocycles. The SMILES string of the molecule is O=[N+]([O-])c1cnc(N2CCNC2=S)s1.